The molecule has 0 radical (unpaired) electrons. The summed E-state index contributed by atoms with van der Waals surface area (Å²) in [5, 5.41) is 1.26. The molecule has 0 aliphatic carbocycles. The number of carbonyl (C=O) groups excluding carboxylic acids is 1. The lowest BCUT2D eigenvalue weighted by Crippen LogP contribution is -2.31. The van der Waals surface area contributed by atoms with Crippen LogP contribution in [0.3, 0.4) is 0 Å². The Balaban J connectivity index is 1.62. The highest BCUT2D eigenvalue weighted by molar-refractivity contribution is 7.99. The minimum absolute atomic E-state index is 0.0330. The number of hydrogen-bond acceptors (Lipinski definition) is 5. The van der Waals surface area contributed by atoms with Crippen molar-refractivity contribution in [2.24, 2.45) is 0 Å². The van der Waals surface area contributed by atoms with Crippen LogP contribution in [-0.4, -0.2) is 21.1 Å². The number of aryl methyl sites for hydroxylation is 2. The number of fused-ring (bicyclic) bond motifs is 1. The fraction of sp³-hybridized carbons (Fsp3) is 0.269. The smallest absolute Gasteiger partial charge is 0.233 e. The van der Waals surface area contributed by atoms with Crippen LogP contribution in [0.5, 0.6) is 0 Å². The normalized spacial score (nSPS) is 11.3. The van der Waals surface area contributed by atoms with Gasteiger partial charge in [0.15, 0.2) is 5.13 Å². The average molecular weight is 462 g/mol. The zero-order chi connectivity index (χ0) is 22.7. The van der Waals surface area contributed by atoms with Gasteiger partial charge >= 0.3 is 0 Å². The molecule has 2 heterocycles. The molecule has 0 saturated heterocycles. The molecule has 0 fully saturated rings. The van der Waals surface area contributed by atoms with E-state index in [0.717, 1.165) is 26.5 Å². The molecule has 0 unspecified atom stereocenters. The van der Waals surface area contributed by atoms with Gasteiger partial charge in [-0.3, -0.25) is 14.7 Å². The Hall–Kier alpha value is -2.70. The van der Waals surface area contributed by atoms with Crippen molar-refractivity contribution in [2.45, 2.75) is 50.8 Å². The Bertz CT molecular complexity index is 1180. The number of aromatic nitrogens is 2. The van der Waals surface area contributed by atoms with E-state index in [1.807, 2.05) is 23.9 Å². The van der Waals surface area contributed by atoms with Gasteiger partial charge in [-0.2, -0.15) is 0 Å². The van der Waals surface area contributed by atoms with Crippen LogP contribution in [0.15, 0.2) is 65.8 Å². The van der Waals surface area contributed by atoms with Crippen LogP contribution in [0.1, 0.15) is 36.1 Å². The molecule has 4 aromatic rings. The number of nitrogens with zero attached hydrogens (tertiary/aromatic N) is 3. The molecular weight excluding hydrogens is 434 g/mol. The van der Waals surface area contributed by atoms with Crippen molar-refractivity contribution >= 4 is 44.4 Å². The second-order valence-corrected chi connectivity index (χ2v) is 10.9. The third-order valence-corrected chi connectivity index (χ3v) is 7.30. The monoisotopic (exact) mass is 461 g/mol. The highest BCUT2D eigenvalue weighted by Gasteiger charge is 2.21. The van der Waals surface area contributed by atoms with E-state index in [9.17, 15) is 4.79 Å². The van der Waals surface area contributed by atoms with Gasteiger partial charge in [-0.25, -0.2) is 4.98 Å². The van der Waals surface area contributed by atoms with Crippen LogP contribution in [0, 0.1) is 13.8 Å². The second-order valence-electron chi connectivity index (χ2n) is 8.23. The van der Waals surface area contributed by atoms with E-state index < -0.39 is 0 Å². The largest absolute Gasteiger partial charge is 0.283 e. The van der Waals surface area contributed by atoms with Crippen molar-refractivity contribution in [1.82, 2.24) is 9.97 Å². The van der Waals surface area contributed by atoms with Crippen molar-refractivity contribution in [1.29, 1.82) is 0 Å². The van der Waals surface area contributed by atoms with Crippen molar-refractivity contribution in [3.63, 3.8) is 0 Å². The zero-order valence-electron chi connectivity index (χ0n) is 18.8. The molecule has 0 saturated carbocycles. The minimum Gasteiger partial charge on any atom is -0.283 e. The third kappa shape index (κ3) is 5.37. The molecule has 2 aromatic carbocycles. The predicted octanol–water partition coefficient (Wildman–Crippen LogP) is 6.58. The van der Waals surface area contributed by atoms with E-state index in [1.54, 1.807) is 28.6 Å². The molecule has 0 N–H and O–H groups in total. The Labute approximate surface area is 197 Å². The molecule has 0 spiro atoms. The van der Waals surface area contributed by atoms with Gasteiger partial charge in [0.05, 0.1) is 23.2 Å². The van der Waals surface area contributed by atoms with Crippen LogP contribution >= 0.6 is 23.1 Å². The van der Waals surface area contributed by atoms with Gasteiger partial charge < -0.3 is 0 Å². The number of hydrogen-bond donors (Lipinski definition) is 0. The first-order valence-electron chi connectivity index (χ1n) is 10.7. The summed E-state index contributed by atoms with van der Waals surface area (Å²) >= 11 is 3.39. The van der Waals surface area contributed by atoms with E-state index in [1.165, 1.54) is 16.0 Å². The summed E-state index contributed by atoms with van der Waals surface area (Å²) in [6.07, 6.45) is 3.89. The molecular formula is C26H27N3OS2. The Morgan fingerprint density at radius 2 is 1.81 bits per heavy atom. The number of thiazole rings is 1. The van der Waals surface area contributed by atoms with Crippen molar-refractivity contribution < 1.29 is 4.79 Å². The van der Waals surface area contributed by atoms with E-state index >= 15 is 0 Å². The lowest BCUT2D eigenvalue weighted by molar-refractivity contribution is -0.118. The highest BCUT2D eigenvalue weighted by atomic mass is 32.2. The maximum absolute atomic E-state index is 13.5. The van der Waals surface area contributed by atoms with Gasteiger partial charge in [0, 0.05) is 22.5 Å². The predicted molar refractivity (Wildman–Crippen MR) is 136 cm³/mol. The van der Waals surface area contributed by atoms with Crippen LogP contribution in [0.4, 0.5) is 5.13 Å². The summed E-state index contributed by atoms with van der Waals surface area (Å²) in [7, 11) is 0. The molecule has 2 aromatic heterocycles. The summed E-state index contributed by atoms with van der Waals surface area (Å²) < 4.78 is 1.10. The SMILES string of the molecule is Cc1cc2nc(N(Cc3cccnc3)C(=O)Cc3ccc(SC(C)C)cc3)sc2cc1C. The Morgan fingerprint density at radius 3 is 2.50 bits per heavy atom. The number of rotatable bonds is 7. The fourth-order valence-corrected chi connectivity index (χ4v) is 5.35. The molecule has 1 amide bonds. The van der Waals surface area contributed by atoms with Crippen molar-refractivity contribution in [3.8, 4) is 0 Å². The van der Waals surface area contributed by atoms with E-state index in [0.29, 0.717) is 18.2 Å². The number of anilines is 1. The lowest BCUT2D eigenvalue weighted by Gasteiger charge is -2.20. The van der Waals surface area contributed by atoms with E-state index in [2.05, 4.69) is 69.1 Å². The van der Waals surface area contributed by atoms with Gasteiger partial charge in [0.25, 0.3) is 0 Å². The van der Waals surface area contributed by atoms with Gasteiger partial charge in [0.1, 0.15) is 0 Å². The molecule has 0 atom stereocenters. The molecule has 4 nitrogen and oxygen atoms in total. The number of amides is 1. The fourth-order valence-electron chi connectivity index (χ4n) is 3.45. The average Bonchev–Trinajstić information content (AvgIpc) is 3.16. The molecule has 32 heavy (non-hydrogen) atoms. The van der Waals surface area contributed by atoms with Gasteiger partial charge in [-0.15, -0.1) is 11.8 Å². The maximum Gasteiger partial charge on any atom is 0.233 e. The maximum atomic E-state index is 13.5. The number of pyridine rings is 1. The lowest BCUT2D eigenvalue weighted by atomic mass is 10.1. The summed E-state index contributed by atoms with van der Waals surface area (Å²) in [6.45, 7) is 9.01. The first kappa shape index (κ1) is 22.5. The van der Waals surface area contributed by atoms with E-state index in [-0.39, 0.29) is 5.91 Å². The van der Waals surface area contributed by atoms with Gasteiger partial charge in [-0.1, -0.05) is 43.4 Å². The van der Waals surface area contributed by atoms with Gasteiger partial charge in [0.2, 0.25) is 5.91 Å². The number of carbonyl (C=O) groups is 1. The summed E-state index contributed by atoms with van der Waals surface area (Å²) in [5.41, 5.74) is 5.37. The van der Waals surface area contributed by atoms with Crippen LogP contribution in [0.2, 0.25) is 0 Å². The first-order valence-corrected chi connectivity index (χ1v) is 12.4. The first-order chi connectivity index (χ1) is 15.4. The molecule has 0 bridgehead atoms. The molecule has 0 aliphatic rings. The topological polar surface area (TPSA) is 46.1 Å². The summed E-state index contributed by atoms with van der Waals surface area (Å²) in [5.74, 6) is 0.0330. The van der Waals surface area contributed by atoms with Crippen LogP contribution < -0.4 is 4.90 Å². The number of benzene rings is 2. The standard InChI is InChI=1S/C26H27N3OS2/c1-17(2)31-22-9-7-20(8-10-22)14-25(30)29(16-21-6-5-11-27-15-21)26-28-23-12-18(3)19(4)13-24(23)32-26/h5-13,15,17H,14,16H2,1-4H3. The zero-order valence-corrected chi connectivity index (χ0v) is 20.5. The van der Waals surface area contributed by atoms with Crippen molar-refractivity contribution in [3.05, 3.63) is 83.2 Å². The molecule has 164 valence electrons. The summed E-state index contributed by atoms with van der Waals surface area (Å²) in [4.78, 5) is 25.5. The molecule has 6 heteroatoms. The molecule has 0 aliphatic heterocycles. The van der Waals surface area contributed by atoms with Crippen molar-refractivity contribution in [2.75, 3.05) is 4.90 Å². The minimum atomic E-state index is 0.0330. The van der Waals surface area contributed by atoms with E-state index in [4.69, 9.17) is 4.98 Å². The second kappa shape index (κ2) is 9.84. The Morgan fingerprint density at radius 1 is 1.06 bits per heavy atom. The highest BCUT2D eigenvalue weighted by Crippen LogP contribution is 2.32. The quantitative estimate of drug-likeness (QED) is 0.292. The van der Waals surface area contributed by atoms with Crippen LogP contribution in [0.25, 0.3) is 10.2 Å². The molecule has 4 rings (SSSR count). The third-order valence-electron chi connectivity index (χ3n) is 5.24. The summed E-state index contributed by atoms with van der Waals surface area (Å²) in [6, 6.07) is 16.4. The Kier molecular flexibility index (Phi) is 6.92. The van der Waals surface area contributed by atoms with Crippen LogP contribution in [-0.2, 0) is 17.8 Å². The van der Waals surface area contributed by atoms with Gasteiger partial charge in [-0.05, 0) is 66.4 Å². The number of thioether (sulfide) groups is 1.